The van der Waals surface area contributed by atoms with Gasteiger partial charge in [0.1, 0.15) is 11.8 Å². The van der Waals surface area contributed by atoms with E-state index < -0.39 is 5.60 Å². The van der Waals surface area contributed by atoms with Crippen LogP contribution in [0.25, 0.3) is 0 Å². The highest BCUT2D eigenvalue weighted by atomic mass is 16.6. The largest absolute Gasteiger partial charge is 0.444 e. The highest BCUT2D eigenvalue weighted by molar-refractivity contribution is 5.68. The molecular weight excluding hydrogens is 280 g/mol. The number of hydrogen-bond donors (Lipinski definition) is 0. The molecule has 0 saturated carbocycles. The van der Waals surface area contributed by atoms with E-state index in [0.717, 1.165) is 12.8 Å². The molecule has 22 heavy (non-hydrogen) atoms. The van der Waals surface area contributed by atoms with Gasteiger partial charge in [-0.3, -0.25) is 9.88 Å². The molecule has 1 aromatic rings. The molecule has 0 bridgehead atoms. The van der Waals surface area contributed by atoms with Crippen molar-refractivity contribution in [2.24, 2.45) is 0 Å². The molecule has 1 saturated heterocycles. The first-order valence-electron chi connectivity index (χ1n) is 7.92. The van der Waals surface area contributed by atoms with E-state index in [1.54, 1.807) is 4.90 Å². The van der Waals surface area contributed by atoms with Crippen molar-refractivity contribution in [3.63, 3.8) is 0 Å². The second-order valence-corrected chi connectivity index (χ2v) is 6.59. The molecule has 2 rings (SSSR count). The molecule has 1 aliphatic rings. The predicted octanol–water partition coefficient (Wildman–Crippen LogP) is 3.56. The van der Waals surface area contributed by atoms with Crippen molar-refractivity contribution in [1.29, 1.82) is 0 Å². The minimum atomic E-state index is -0.490. The maximum absolute atomic E-state index is 12.4. The third-order valence-electron chi connectivity index (χ3n) is 3.72. The Morgan fingerprint density at radius 2 is 2.05 bits per heavy atom. The van der Waals surface area contributed by atoms with Crippen molar-refractivity contribution in [3.05, 3.63) is 30.1 Å². The second kappa shape index (κ2) is 7.09. The number of amides is 1. The SMILES string of the molecule is CCOC1CC(c2ccncc2)CCN1C(=O)OC(C)(C)C. The van der Waals surface area contributed by atoms with Crippen LogP contribution in [0.4, 0.5) is 4.79 Å². The third-order valence-corrected chi connectivity index (χ3v) is 3.72. The minimum absolute atomic E-state index is 0.230. The summed E-state index contributed by atoms with van der Waals surface area (Å²) in [5, 5.41) is 0. The maximum atomic E-state index is 12.4. The van der Waals surface area contributed by atoms with E-state index in [1.807, 2.05) is 52.2 Å². The molecule has 5 nitrogen and oxygen atoms in total. The Morgan fingerprint density at radius 3 is 2.64 bits per heavy atom. The molecule has 0 N–H and O–H groups in total. The quantitative estimate of drug-likeness (QED) is 0.857. The first-order valence-corrected chi connectivity index (χ1v) is 7.92. The molecule has 2 unspecified atom stereocenters. The van der Waals surface area contributed by atoms with Crippen LogP contribution in [0.1, 0.15) is 52.0 Å². The molecule has 0 aromatic carbocycles. The minimum Gasteiger partial charge on any atom is -0.444 e. The highest BCUT2D eigenvalue weighted by Crippen LogP contribution is 2.32. The fourth-order valence-corrected chi connectivity index (χ4v) is 2.75. The fourth-order valence-electron chi connectivity index (χ4n) is 2.75. The monoisotopic (exact) mass is 306 g/mol. The highest BCUT2D eigenvalue weighted by Gasteiger charge is 2.35. The average Bonchev–Trinajstić information content (AvgIpc) is 2.46. The van der Waals surface area contributed by atoms with Crippen molar-refractivity contribution in [3.8, 4) is 0 Å². The lowest BCUT2D eigenvalue weighted by molar-refractivity contribution is -0.0836. The van der Waals surface area contributed by atoms with Crippen LogP contribution in [0.5, 0.6) is 0 Å². The van der Waals surface area contributed by atoms with Gasteiger partial charge in [-0.25, -0.2) is 4.79 Å². The smallest absolute Gasteiger partial charge is 0.412 e. The summed E-state index contributed by atoms with van der Waals surface area (Å²) < 4.78 is 11.3. The van der Waals surface area contributed by atoms with Crippen molar-refractivity contribution in [1.82, 2.24) is 9.88 Å². The van der Waals surface area contributed by atoms with Crippen LogP contribution in [0.2, 0.25) is 0 Å². The van der Waals surface area contributed by atoms with Gasteiger partial charge in [-0.15, -0.1) is 0 Å². The van der Waals surface area contributed by atoms with Gasteiger partial charge in [0.05, 0.1) is 0 Å². The molecular formula is C17H26N2O3. The van der Waals surface area contributed by atoms with Crippen LogP contribution < -0.4 is 0 Å². The lowest BCUT2D eigenvalue weighted by Crippen LogP contribution is -2.48. The second-order valence-electron chi connectivity index (χ2n) is 6.59. The average molecular weight is 306 g/mol. The van der Waals surface area contributed by atoms with Gasteiger partial charge in [-0.05, 0) is 64.2 Å². The molecule has 5 heteroatoms. The molecule has 1 amide bonds. The van der Waals surface area contributed by atoms with Crippen molar-refractivity contribution >= 4 is 6.09 Å². The van der Waals surface area contributed by atoms with Crippen LogP contribution in [0.3, 0.4) is 0 Å². The topological polar surface area (TPSA) is 51.7 Å². The van der Waals surface area contributed by atoms with E-state index in [-0.39, 0.29) is 12.3 Å². The molecule has 1 fully saturated rings. The van der Waals surface area contributed by atoms with Gasteiger partial charge in [-0.1, -0.05) is 0 Å². The lowest BCUT2D eigenvalue weighted by Gasteiger charge is -2.39. The number of rotatable bonds is 3. The number of ether oxygens (including phenoxy) is 2. The van der Waals surface area contributed by atoms with E-state index in [1.165, 1.54) is 5.56 Å². The molecule has 2 atom stereocenters. The van der Waals surface area contributed by atoms with Gasteiger partial charge in [0.25, 0.3) is 0 Å². The van der Waals surface area contributed by atoms with Crippen molar-refractivity contribution in [2.75, 3.05) is 13.2 Å². The summed E-state index contributed by atoms with van der Waals surface area (Å²) in [4.78, 5) is 18.1. The Morgan fingerprint density at radius 1 is 1.36 bits per heavy atom. The number of pyridine rings is 1. The first kappa shape index (κ1) is 16.7. The Hall–Kier alpha value is -1.62. The van der Waals surface area contributed by atoms with Crippen molar-refractivity contribution < 1.29 is 14.3 Å². The van der Waals surface area contributed by atoms with E-state index in [0.29, 0.717) is 19.1 Å². The van der Waals surface area contributed by atoms with Gasteiger partial charge >= 0.3 is 6.09 Å². The van der Waals surface area contributed by atoms with Crippen LogP contribution in [0.15, 0.2) is 24.5 Å². The number of piperidine rings is 1. The summed E-state index contributed by atoms with van der Waals surface area (Å²) >= 11 is 0. The molecule has 0 aliphatic carbocycles. The zero-order valence-electron chi connectivity index (χ0n) is 13.9. The number of aromatic nitrogens is 1. The number of hydrogen-bond acceptors (Lipinski definition) is 4. The van der Waals surface area contributed by atoms with E-state index in [2.05, 4.69) is 4.98 Å². The Balaban J connectivity index is 2.06. The summed E-state index contributed by atoms with van der Waals surface area (Å²) in [7, 11) is 0. The Labute approximate surface area is 132 Å². The van der Waals surface area contributed by atoms with Gasteiger partial charge in [0, 0.05) is 25.5 Å². The summed E-state index contributed by atoms with van der Waals surface area (Å²) in [6.45, 7) is 8.81. The fraction of sp³-hybridized carbons (Fsp3) is 0.647. The zero-order valence-corrected chi connectivity index (χ0v) is 13.9. The summed E-state index contributed by atoms with van der Waals surface area (Å²) in [6, 6.07) is 4.08. The molecule has 0 radical (unpaired) electrons. The normalized spacial score (nSPS) is 22.5. The molecule has 0 spiro atoms. The lowest BCUT2D eigenvalue weighted by atomic mass is 9.89. The van der Waals surface area contributed by atoms with Crippen LogP contribution in [-0.4, -0.2) is 41.0 Å². The Kier molecular flexibility index (Phi) is 5.40. The molecule has 122 valence electrons. The van der Waals surface area contributed by atoms with Gasteiger partial charge in [0.2, 0.25) is 0 Å². The van der Waals surface area contributed by atoms with E-state index >= 15 is 0 Å². The zero-order chi connectivity index (χ0) is 16.2. The molecule has 1 aromatic heterocycles. The number of carbonyl (C=O) groups excluding carboxylic acids is 1. The molecule has 1 aliphatic heterocycles. The predicted molar refractivity (Wildman–Crippen MR) is 84.6 cm³/mol. The van der Waals surface area contributed by atoms with E-state index in [9.17, 15) is 4.79 Å². The van der Waals surface area contributed by atoms with E-state index in [4.69, 9.17) is 9.47 Å². The van der Waals surface area contributed by atoms with Crippen LogP contribution in [0, 0.1) is 0 Å². The summed E-state index contributed by atoms with van der Waals surface area (Å²) in [6.07, 6.45) is 4.80. The molecule has 2 heterocycles. The van der Waals surface area contributed by atoms with Gasteiger partial charge in [0.15, 0.2) is 0 Å². The third kappa shape index (κ3) is 4.44. The summed E-state index contributed by atoms with van der Waals surface area (Å²) in [5.74, 6) is 0.387. The van der Waals surface area contributed by atoms with Crippen LogP contribution >= 0.6 is 0 Å². The van der Waals surface area contributed by atoms with Gasteiger partial charge < -0.3 is 9.47 Å². The first-order chi connectivity index (χ1) is 10.4. The number of nitrogens with zero attached hydrogens (tertiary/aromatic N) is 2. The van der Waals surface area contributed by atoms with Crippen molar-refractivity contribution in [2.45, 2.75) is 58.3 Å². The number of carbonyl (C=O) groups is 1. The van der Waals surface area contributed by atoms with Crippen LogP contribution in [-0.2, 0) is 9.47 Å². The number of likely N-dealkylation sites (tertiary alicyclic amines) is 1. The summed E-state index contributed by atoms with van der Waals surface area (Å²) in [5.41, 5.74) is 0.763. The van der Waals surface area contributed by atoms with Gasteiger partial charge in [-0.2, -0.15) is 0 Å². The maximum Gasteiger partial charge on any atom is 0.412 e. The Bertz CT molecular complexity index is 484. The standard InChI is InChI=1S/C17H26N2O3/c1-5-21-15-12-14(13-6-9-18-10-7-13)8-11-19(15)16(20)22-17(2,3)4/h6-7,9-10,14-15H,5,8,11-12H2,1-4H3.